The summed E-state index contributed by atoms with van der Waals surface area (Å²) in [6, 6.07) is 7.78. The summed E-state index contributed by atoms with van der Waals surface area (Å²) < 4.78 is 15.9. The Morgan fingerprint density at radius 3 is 2.62 bits per heavy atom. The lowest BCUT2D eigenvalue weighted by atomic mass is 10.0. The van der Waals surface area contributed by atoms with Crippen LogP contribution in [0, 0.1) is 19.7 Å². The third-order valence-electron chi connectivity index (χ3n) is 3.91. The summed E-state index contributed by atoms with van der Waals surface area (Å²) in [4.78, 5) is 14.2. The van der Waals surface area contributed by atoms with Crippen LogP contribution >= 0.6 is 0 Å². The third kappa shape index (κ3) is 4.41. The van der Waals surface area contributed by atoms with Crippen LogP contribution in [0.15, 0.2) is 30.3 Å². The maximum Gasteiger partial charge on any atom is 0.242 e. The van der Waals surface area contributed by atoms with Crippen molar-refractivity contribution in [2.75, 3.05) is 20.6 Å². The van der Waals surface area contributed by atoms with Gasteiger partial charge in [0, 0.05) is 24.3 Å². The minimum absolute atomic E-state index is 0.196. The number of aryl methyl sites for hydroxylation is 3. The molecular weight excluding hydrogens is 307 g/mol. The van der Waals surface area contributed by atoms with Crippen molar-refractivity contribution in [3.8, 4) is 0 Å². The Morgan fingerprint density at radius 1 is 1.33 bits per heavy atom. The van der Waals surface area contributed by atoms with Crippen LogP contribution in [-0.4, -0.2) is 41.2 Å². The second-order valence-electron chi connectivity index (χ2n) is 6.18. The van der Waals surface area contributed by atoms with E-state index in [2.05, 4.69) is 10.4 Å². The highest BCUT2D eigenvalue weighted by molar-refractivity contribution is 5.83. The van der Waals surface area contributed by atoms with Crippen molar-refractivity contribution in [2.24, 2.45) is 0 Å². The highest BCUT2D eigenvalue weighted by atomic mass is 19.1. The molecule has 0 aliphatic carbocycles. The van der Waals surface area contributed by atoms with Gasteiger partial charge in [-0.1, -0.05) is 18.2 Å². The van der Waals surface area contributed by atoms with E-state index in [4.69, 9.17) is 0 Å². The molecule has 0 saturated heterocycles. The van der Waals surface area contributed by atoms with Crippen LogP contribution in [0.4, 0.5) is 4.39 Å². The molecule has 1 aromatic heterocycles. The van der Waals surface area contributed by atoms with Gasteiger partial charge in [-0.05, 0) is 46.5 Å². The van der Waals surface area contributed by atoms with Crippen LogP contribution in [0.3, 0.4) is 0 Å². The second-order valence-corrected chi connectivity index (χ2v) is 6.18. The standard InChI is InChI=1S/C18H25FN4O/c1-13-12-14(2)23(21-13)11-7-10-20-18(24)17(22(3)4)15-8-5-6-9-16(15)19/h5-6,8-9,12,17H,7,10-11H2,1-4H3,(H,20,24)/t17-/m1/s1. The Balaban J connectivity index is 1.92. The molecule has 1 N–H and O–H groups in total. The van der Waals surface area contributed by atoms with E-state index >= 15 is 0 Å². The molecule has 0 aliphatic rings. The third-order valence-corrected chi connectivity index (χ3v) is 3.91. The number of benzene rings is 1. The zero-order chi connectivity index (χ0) is 17.7. The van der Waals surface area contributed by atoms with Crippen molar-refractivity contribution >= 4 is 5.91 Å². The maximum absolute atomic E-state index is 14.0. The van der Waals surface area contributed by atoms with Gasteiger partial charge in [0.25, 0.3) is 0 Å². The highest BCUT2D eigenvalue weighted by Gasteiger charge is 2.25. The van der Waals surface area contributed by atoms with Gasteiger partial charge >= 0.3 is 0 Å². The van der Waals surface area contributed by atoms with Crippen molar-refractivity contribution in [3.05, 3.63) is 53.1 Å². The number of carbonyl (C=O) groups is 1. The predicted octanol–water partition coefficient (Wildman–Crippen LogP) is 2.45. The van der Waals surface area contributed by atoms with Gasteiger partial charge in [0.1, 0.15) is 11.9 Å². The number of hydrogen-bond donors (Lipinski definition) is 1. The summed E-state index contributed by atoms with van der Waals surface area (Å²) >= 11 is 0. The number of carbonyl (C=O) groups excluding carboxylic acids is 1. The number of aromatic nitrogens is 2. The van der Waals surface area contributed by atoms with Gasteiger partial charge in [-0.25, -0.2) is 4.39 Å². The Bertz CT molecular complexity index is 696. The summed E-state index contributed by atoms with van der Waals surface area (Å²) in [5.41, 5.74) is 2.48. The molecule has 2 rings (SSSR count). The van der Waals surface area contributed by atoms with Crippen molar-refractivity contribution in [3.63, 3.8) is 0 Å². The molecule has 130 valence electrons. The van der Waals surface area contributed by atoms with Gasteiger partial charge < -0.3 is 5.32 Å². The average Bonchev–Trinajstić information content (AvgIpc) is 2.83. The van der Waals surface area contributed by atoms with E-state index in [1.807, 2.05) is 24.6 Å². The summed E-state index contributed by atoms with van der Waals surface area (Å²) in [6.07, 6.45) is 0.769. The second kappa shape index (κ2) is 8.06. The number of nitrogens with one attached hydrogen (secondary N) is 1. The molecule has 0 unspecified atom stereocenters. The highest BCUT2D eigenvalue weighted by Crippen LogP contribution is 2.21. The first-order valence-electron chi connectivity index (χ1n) is 8.09. The topological polar surface area (TPSA) is 50.2 Å². The van der Waals surface area contributed by atoms with Crippen molar-refractivity contribution in [2.45, 2.75) is 32.9 Å². The molecule has 24 heavy (non-hydrogen) atoms. The van der Waals surface area contributed by atoms with E-state index in [-0.39, 0.29) is 11.7 Å². The van der Waals surface area contributed by atoms with Crippen LogP contribution in [0.25, 0.3) is 0 Å². The quantitative estimate of drug-likeness (QED) is 0.793. The molecule has 1 aromatic carbocycles. The molecule has 1 heterocycles. The van der Waals surface area contributed by atoms with Gasteiger partial charge in [-0.3, -0.25) is 14.4 Å². The molecule has 0 spiro atoms. The predicted molar refractivity (Wildman–Crippen MR) is 92.2 cm³/mol. The number of rotatable bonds is 7. The summed E-state index contributed by atoms with van der Waals surface area (Å²) in [5.74, 6) is -0.563. The average molecular weight is 332 g/mol. The summed E-state index contributed by atoms with van der Waals surface area (Å²) in [5, 5.41) is 7.29. The lowest BCUT2D eigenvalue weighted by Crippen LogP contribution is -2.38. The maximum atomic E-state index is 14.0. The first kappa shape index (κ1) is 18.1. The molecular formula is C18H25FN4O. The minimum Gasteiger partial charge on any atom is -0.354 e. The van der Waals surface area contributed by atoms with Crippen LogP contribution in [0.2, 0.25) is 0 Å². The molecule has 1 atom stereocenters. The van der Waals surface area contributed by atoms with E-state index in [1.165, 1.54) is 6.07 Å². The monoisotopic (exact) mass is 332 g/mol. The number of likely N-dealkylation sites (N-methyl/N-ethyl adjacent to an activating group) is 1. The molecule has 0 radical (unpaired) electrons. The Hall–Kier alpha value is -2.21. The SMILES string of the molecule is Cc1cc(C)n(CCCNC(=O)[C@@H](c2ccccc2F)N(C)C)n1. The van der Waals surface area contributed by atoms with Gasteiger partial charge in [0.2, 0.25) is 5.91 Å². The van der Waals surface area contributed by atoms with Crippen molar-refractivity contribution < 1.29 is 9.18 Å². The number of amides is 1. The first-order valence-corrected chi connectivity index (χ1v) is 8.09. The Morgan fingerprint density at radius 2 is 2.04 bits per heavy atom. The van der Waals surface area contributed by atoms with Crippen molar-refractivity contribution in [1.29, 1.82) is 0 Å². The Kier molecular flexibility index (Phi) is 6.09. The molecule has 0 fully saturated rings. The zero-order valence-electron chi connectivity index (χ0n) is 14.7. The largest absolute Gasteiger partial charge is 0.354 e. The Labute approximate surface area is 142 Å². The number of halogens is 1. The molecule has 0 saturated carbocycles. The minimum atomic E-state index is -0.639. The van der Waals surface area contributed by atoms with E-state index in [9.17, 15) is 9.18 Å². The van der Waals surface area contributed by atoms with Gasteiger partial charge in [-0.2, -0.15) is 5.10 Å². The number of hydrogen-bond acceptors (Lipinski definition) is 3. The molecule has 5 nitrogen and oxygen atoms in total. The van der Waals surface area contributed by atoms with Crippen LogP contribution in [-0.2, 0) is 11.3 Å². The molecule has 6 heteroatoms. The van der Waals surface area contributed by atoms with Crippen LogP contribution in [0.5, 0.6) is 0 Å². The van der Waals surface area contributed by atoms with E-state index in [0.29, 0.717) is 12.1 Å². The van der Waals surface area contributed by atoms with Gasteiger partial charge in [-0.15, -0.1) is 0 Å². The molecule has 0 bridgehead atoms. The van der Waals surface area contributed by atoms with E-state index < -0.39 is 6.04 Å². The fourth-order valence-electron chi connectivity index (χ4n) is 2.79. The lowest BCUT2D eigenvalue weighted by molar-refractivity contribution is -0.125. The van der Waals surface area contributed by atoms with Crippen molar-refractivity contribution in [1.82, 2.24) is 20.0 Å². The fourth-order valence-corrected chi connectivity index (χ4v) is 2.79. The van der Waals surface area contributed by atoms with Crippen LogP contribution in [0.1, 0.15) is 29.4 Å². The zero-order valence-corrected chi connectivity index (χ0v) is 14.7. The smallest absolute Gasteiger partial charge is 0.242 e. The molecule has 2 aromatic rings. The number of nitrogens with zero attached hydrogens (tertiary/aromatic N) is 3. The first-order chi connectivity index (χ1) is 11.4. The van der Waals surface area contributed by atoms with Crippen LogP contribution < -0.4 is 5.32 Å². The summed E-state index contributed by atoms with van der Waals surface area (Å²) in [6.45, 7) is 5.24. The van der Waals surface area contributed by atoms with E-state index in [0.717, 1.165) is 24.4 Å². The van der Waals surface area contributed by atoms with Gasteiger partial charge in [0.05, 0.1) is 5.69 Å². The molecule has 0 aliphatic heterocycles. The molecule has 1 amide bonds. The summed E-state index contributed by atoms with van der Waals surface area (Å²) in [7, 11) is 3.54. The normalized spacial score (nSPS) is 12.4. The lowest BCUT2D eigenvalue weighted by Gasteiger charge is -2.24. The van der Waals surface area contributed by atoms with Gasteiger partial charge in [0.15, 0.2) is 0 Å². The fraction of sp³-hybridized carbons (Fsp3) is 0.444. The van der Waals surface area contributed by atoms with E-state index in [1.54, 1.807) is 37.2 Å².